The highest BCUT2D eigenvalue weighted by Gasteiger charge is 2.36. The fourth-order valence-corrected chi connectivity index (χ4v) is 4.94. The van der Waals surface area contributed by atoms with Crippen molar-refractivity contribution < 1.29 is 14.4 Å². The third-order valence-corrected chi connectivity index (χ3v) is 6.51. The molecule has 1 aliphatic rings. The molecular weight excluding hydrogens is 458 g/mol. The van der Waals surface area contributed by atoms with Gasteiger partial charge in [-0.1, -0.05) is 48.5 Å². The minimum absolute atomic E-state index is 0.167. The van der Waals surface area contributed by atoms with Crippen LogP contribution >= 0.6 is 11.3 Å². The van der Waals surface area contributed by atoms with Crippen molar-refractivity contribution >= 4 is 57.2 Å². The average molecular weight is 480 g/mol. The van der Waals surface area contributed by atoms with Crippen molar-refractivity contribution in [3.8, 4) is 0 Å². The lowest BCUT2D eigenvalue weighted by molar-refractivity contribution is -0.116. The Balaban J connectivity index is 1.59. The van der Waals surface area contributed by atoms with Crippen LogP contribution in [0.15, 0.2) is 84.2 Å². The van der Waals surface area contributed by atoms with Crippen molar-refractivity contribution in [1.82, 2.24) is 4.98 Å². The zero-order chi connectivity index (χ0) is 24.5. The summed E-state index contributed by atoms with van der Waals surface area (Å²) in [7, 11) is 0. The summed E-state index contributed by atoms with van der Waals surface area (Å²) < 4.78 is 0. The maximum absolute atomic E-state index is 13.6. The van der Waals surface area contributed by atoms with Gasteiger partial charge in [-0.25, -0.2) is 9.88 Å². The number of imide groups is 1. The van der Waals surface area contributed by atoms with Crippen molar-refractivity contribution in [3.63, 3.8) is 0 Å². The third kappa shape index (κ3) is 4.18. The van der Waals surface area contributed by atoms with E-state index in [1.54, 1.807) is 41.8 Å². The second-order valence-corrected chi connectivity index (χ2v) is 8.97. The third-order valence-electron chi connectivity index (χ3n) is 5.67. The van der Waals surface area contributed by atoms with Gasteiger partial charge >= 0.3 is 0 Å². The van der Waals surface area contributed by atoms with Gasteiger partial charge in [-0.3, -0.25) is 19.3 Å². The summed E-state index contributed by atoms with van der Waals surface area (Å²) in [6, 6.07) is 23.6. The number of anilines is 3. The molecule has 0 radical (unpaired) electrons. The molecule has 0 saturated carbocycles. The van der Waals surface area contributed by atoms with E-state index in [1.165, 1.54) is 28.1 Å². The van der Waals surface area contributed by atoms with Gasteiger partial charge in [0.2, 0.25) is 5.91 Å². The van der Waals surface area contributed by atoms with Gasteiger partial charge in [-0.15, -0.1) is 11.3 Å². The molecule has 0 spiro atoms. The van der Waals surface area contributed by atoms with Gasteiger partial charge in [0.25, 0.3) is 11.8 Å². The van der Waals surface area contributed by atoms with Crippen LogP contribution in [-0.4, -0.2) is 22.7 Å². The molecule has 1 aromatic heterocycles. The number of benzene rings is 3. The highest BCUT2D eigenvalue weighted by molar-refractivity contribution is 7.14. The Kier molecular flexibility index (Phi) is 5.84. The van der Waals surface area contributed by atoms with Crippen LogP contribution < -0.4 is 9.80 Å². The van der Waals surface area contributed by atoms with Gasteiger partial charge in [0.15, 0.2) is 5.13 Å². The van der Waals surface area contributed by atoms with E-state index in [4.69, 9.17) is 0 Å². The van der Waals surface area contributed by atoms with Crippen molar-refractivity contribution in [1.29, 1.82) is 0 Å². The number of aromatic nitrogens is 1. The Morgan fingerprint density at radius 3 is 2.34 bits per heavy atom. The number of fused-ring (bicyclic) bond motifs is 1. The second kappa shape index (κ2) is 9.12. The lowest BCUT2D eigenvalue weighted by Gasteiger charge is -2.28. The van der Waals surface area contributed by atoms with Crippen molar-refractivity contribution in [2.75, 3.05) is 9.80 Å². The smallest absolute Gasteiger partial charge is 0.266 e. The Morgan fingerprint density at radius 2 is 1.63 bits per heavy atom. The predicted molar refractivity (Wildman–Crippen MR) is 139 cm³/mol. The van der Waals surface area contributed by atoms with Crippen LogP contribution in [0.3, 0.4) is 0 Å². The number of amides is 3. The molecule has 0 unspecified atom stereocenters. The molecule has 4 aromatic rings. The molecule has 172 valence electrons. The van der Waals surface area contributed by atoms with Crippen molar-refractivity contribution in [3.05, 3.63) is 107 Å². The predicted octanol–water partition coefficient (Wildman–Crippen LogP) is 5.86. The van der Waals surface area contributed by atoms with Gasteiger partial charge in [0.05, 0.1) is 22.6 Å². The van der Waals surface area contributed by atoms with Gasteiger partial charge in [0, 0.05) is 23.4 Å². The molecule has 2 heterocycles. The van der Waals surface area contributed by atoms with Crippen LogP contribution in [0.1, 0.15) is 34.1 Å². The van der Waals surface area contributed by atoms with Crippen LogP contribution in [0, 0.1) is 6.92 Å². The maximum Gasteiger partial charge on any atom is 0.266 e. The Hall–Kier alpha value is -4.36. The number of rotatable bonds is 4. The van der Waals surface area contributed by atoms with Crippen LogP contribution in [0.2, 0.25) is 0 Å². The molecule has 0 atom stereocenters. The molecule has 0 bridgehead atoms. The summed E-state index contributed by atoms with van der Waals surface area (Å²) in [6.07, 6.45) is 1.68. The van der Waals surface area contributed by atoms with E-state index in [1.807, 2.05) is 55.5 Å². The van der Waals surface area contributed by atoms with E-state index < -0.39 is 5.91 Å². The Bertz CT molecular complexity index is 1490. The molecule has 0 N–H and O–H groups in total. The number of hydrogen-bond acceptors (Lipinski definition) is 5. The number of aryl methyl sites for hydroxylation is 1. The van der Waals surface area contributed by atoms with E-state index in [2.05, 4.69) is 4.98 Å². The first-order chi connectivity index (χ1) is 16.9. The molecule has 3 amide bonds. The topological polar surface area (TPSA) is 70.6 Å². The number of carbonyl (C=O) groups is 3. The molecular formula is C28H21N3O3S. The number of para-hydroxylation sites is 1. The van der Waals surface area contributed by atoms with Crippen LogP contribution in [-0.2, 0) is 9.59 Å². The summed E-state index contributed by atoms with van der Waals surface area (Å²) in [4.78, 5) is 46.7. The number of nitrogens with zero attached hydrogens (tertiary/aromatic N) is 3. The van der Waals surface area contributed by atoms with Gasteiger partial charge in [-0.2, -0.15) is 0 Å². The van der Waals surface area contributed by atoms with E-state index in [-0.39, 0.29) is 11.8 Å². The molecule has 0 fully saturated rings. The first-order valence-corrected chi connectivity index (χ1v) is 11.9. The standard InChI is InChI=1S/C28H21N3O3S/c1-18-9-8-12-22(15-18)31-26(33)24-14-7-6-13-23(24)25(27(31)34)16-20-17-35-28(29-20)30(19(2)32)21-10-4-3-5-11-21/h3-17H,1-2H3. The van der Waals surface area contributed by atoms with Crippen molar-refractivity contribution in [2.45, 2.75) is 13.8 Å². The van der Waals surface area contributed by atoms with E-state index >= 15 is 0 Å². The number of hydrogen-bond donors (Lipinski definition) is 0. The largest absolute Gasteiger partial charge is 0.274 e. The highest BCUT2D eigenvalue weighted by atomic mass is 32.1. The fourth-order valence-electron chi connectivity index (χ4n) is 4.09. The van der Waals surface area contributed by atoms with Crippen molar-refractivity contribution in [2.24, 2.45) is 0 Å². The van der Waals surface area contributed by atoms with E-state index in [0.29, 0.717) is 38.9 Å². The molecule has 5 rings (SSSR count). The molecule has 35 heavy (non-hydrogen) atoms. The molecule has 3 aromatic carbocycles. The normalized spacial score (nSPS) is 14.2. The first-order valence-electron chi connectivity index (χ1n) is 11.0. The molecule has 6 nitrogen and oxygen atoms in total. The zero-order valence-corrected chi connectivity index (χ0v) is 20.0. The quantitative estimate of drug-likeness (QED) is 0.271. The zero-order valence-electron chi connectivity index (χ0n) is 19.1. The Labute approximate surface area is 206 Å². The summed E-state index contributed by atoms with van der Waals surface area (Å²) in [5, 5.41) is 2.29. The highest BCUT2D eigenvalue weighted by Crippen LogP contribution is 2.35. The van der Waals surface area contributed by atoms with E-state index in [9.17, 15) is 14.4 Å². The first kappa shape index (κ1) is 22.4. The number of carbonyl (C=O) groups excluding carboxylic acids is 3. The summed E-state index contributed by atoms with van der Waals surface area (Å²) in [5.74, 6) is -0.945. The van der Waals surface area contributed by atoms with Gasteiger partial charge < -0.3 is 0 Å². The lowest BCUT2D eigenvalue weighted by Crippen LogP contribution is -2.41. The number of thiazole rings is 1. The molecule has 7 heteroatoms. The average Bonchev–Trinajstić information content (AvgIpc) is 3.30. The molecule has 1 aliphatic heterocycles. The summed E-state index contributed by atoms with van der Waals surface area (Å²) in [5.41, 5.74) is 4.09. The maximum atomic E-state index is 13.6. The SMILES string of the molecule is CC(=O)N(c1ccccc1)c1nc(C=C2C(=O)N(c3cccc(C)c3)C(=O)c3ccccc32)cs1. The van der Waals surface area contributed by atoms with Crippen LogP contribution in [0.5, 0.6) is 0 Å². The van der Waals surface area contributed by atoms with Gasteiger partial charge in [-0.05, 0) is 48.9 Å². The second-order valence-electron chi connectivity index (χ2n) is 8.13. The fraction of sp³-hybridized carbons (Fsp3) is 0.0714. The summed E-state index contributed by atoms with van der Waals surface area (Å²) >= 11 is 1.31. The van der Waals surface area contributed by atoms with Gasteiger partial charge in [0.1, 0.15) is 0 Å². The lowest BCUT2D eigenvalue weighted by atomic mass is 9.92. The van der Waals surface area contributed by atoms with E-state index in [0.717, 1.165) is 5.56 Å². The summed E-state index contributed by atoms with van der Waals surface area (Å²) in [6.45, 7) is 3.40. The Morgan fingerprint density at radius 1 is 0.914 bits per heavy atom. The molecule has 0 saturated heterocycles. The minimum Gasteiger partial charge on any atom is -0.274 e. The molecule has 0 aliphatic carbocycles. The monoisotopic (exact) mass is 479 g/mol. The van der Waals surface area contributed by atoms with Crippen LogP contribution in [0.4, 0.5) is 16.5 Å². The van der Waals surface area contributed by atoms with Crippen LogP contribution in [0.25, 0.3) is 11.6 Å². The minimum atomic E-state index is -0.416.